The predicted octanol–water partition coefficient (Wildman–Crippen LogP) is 1.58. The largest absolute Gasteiger partial charge is 0.357 e. The first-order valence-corrected chi connectivity index (χ1v) is 6.07. The zero-order chi connectivity index (χ0) is 13.1. The van der Waals surface area contributed by atoms with Crippen LogP contribution >= 0.6 is 11.3 Å². The van der Waals surface area contributed by atoms with E-state index in [2.05, 4.69) is 26.3 Å². The zero-order valence-corrected chi connectivity index (χ0v) is 11.1. The second-order valence-corrected chi connectivity index (χ2v) is 4.79. The van der Waals surface area contributed by atoms with Gasteiger partial charge >= 0.3 is 0 Å². The molecule has 2 heterocycles. The van der Waals surface area contributed by atoms with Crippen molar-refractivity contribution in [1.29, 1.82) is 5.26 Å². The van der Waals surface area contributed by atoms with Gasteiger partial charge in [0.05, 0.1) is 4.88 Å². The highest BCUT2D eigenvalue weighted by Crippen LogP contribution is 2.26. The van der Waals surface area contributed by atoms with Gasteiger partial charge in [0.1, 0.15) is 10.9 Å². The van der Waals surface area contributed by atoms with Crippen LogP contribution in [0.1, 0.15) is 4.88 Å². The summed E-state index contributed by atoms with van der Waals surface area (Å²) in [4.78, 5) is 16.2. The topological polar surface area (TPSA) is 77.7 Å². The van der Waals surface area contributed by atoms with Crippen LogP contribution < -0.4 is 10.2 Å². The summed E-state index contributed by atoms with van der Waals surface area (Å²) >= 11 is 1.37. The van der Waals surface area contributed by atoms with Gasteiger partial charge in [-0.1, -0.05) is 0 Å². The SMILES string of the molecule is CNc1nc(-c2ccc(C#N)s2)nc(N(C)C)n1. The lowest BCUT2D eigenvalue weighted by Crippen LogP contribution is -2.15. The predicted molar refractivity (Wildman–Crippen MR) is 71.7 cm³/mol. The smallest absolute Gasteiger partial charge is 0.230 e. The Morgan fingerprint density at radius 1 is 1.28 bits per heavy atom. The van der Waals surface area contributed by atoms with Gasteiger partial charge in [-0.2, -0.15) is 20.2 Å². The number of hydrogen-bond acceptors (Lipinski definition) is 7. The van der Waals surface area contributed by atoms with Gasteiger partial charge < -0.3 is 10.2 Å². The third kappa shape index (κ3) is 2.38. The zero-order valence-electron chi connectivity index (χ0n) is 10.3. The summed E-state index contributed by atoms with van der Waals surface area (Å²) in [6.07, 6.45) is 0. The van der Waals surface area contributed by atoms with E-state index in [1.807, 2.05) is 25.1 Å². The molecule has 0 aliphatic heterocycles. The van der Waals surface area contributed by atoms with Crippen LogP contribution in [0.2, 0.25) is 0 Å². The number of thiophene rings is 1. The van der Waals surface area contributed by atoms with Crippen LogP contribution in [-0.2, 0) is 0 Å². The van der Waals surface area contributed by atoms with Crippen molar-refractivity contribution in [3.63, 3.8) is 0 Å². The van der Waals surface area contributed by atoms with Crippen molar-refractivity contribution in [3.05, 3.63) is 17.0 Å². The number of hydrogen-bond donors (Lipinski definition) is 1. The van der Waals surface area contributed by atoms with Crippen molar-refractivity contribution in [2.75, 3.05) is 31.4 Å². The minimum atomic E-state index is 0.510. The number of rotatable bonds is 3. The van der Waals surface area contributed by atoms with Crippen LogP contribution in [0.5, 0.6) is 0 Å². The van der Waals surface area contributed by atoms with Gasteiger partial charge in [0, 0.05) is 21.1 Å². The Hall–Kier alpha value is -2.20. The van der Waals surface area contributed by atoms with Crippen LogP contribution in [0.15, 0.2) is 12.1 Å². The molecule has 2 rings (SSSR count). The number of anilines is 2. The number of nitriles is 1. The molecule has 1 N–H and O–H groups in total. The Balaban J connectivity index is 2.49. The van der Waals surface area contributed by atoms with Gasteiger partial charge in [0.15, 0.2) is 5.82 Å². The van der Waals surface area contributed by atoms with E-state index in [0.29, 0.717) is 22.6 Å². The van der Waals surface area contributed by atoms with E-state index >= 15 is 0 Å². The Bertz CT molecular complexity index is 598. The van der Waals surface area contributed by atoms with Crippen LogP contribution in [0.25, 0.3) is 10.7 Å². The van der Waals surface area contributed by atoms with Crippen LogP contribution in [0.3, 0.4) is 0 Å². The molecule has 2 aromatic rings. The summed E-state index contributed by atoms with van der Waals surface area (Å²) < 4.78 is 0. The molecule has 0 fully saturated rings. The Morgan fingerprint density at radius 2 is 2.06 bits per heavy atom. The quantitative estimate of drug-likeness (QED) is 0.902. The molecule has 0 unspecified atom stereocenters. The molecule has 0 saturated carbocycles. The summed E-state index contributed by atoms with van der Waals surface area (Å²) in [6.45, 7) is 0. The molecule has 0 saturated heterocycles. The number of nitrogens with one attached hydrogen (secondary N) is 1. The van der Waals surface area contributed by atoms with Gasteiger partial charge in [-0.05, 0) is 12.1 Å². The van der Waals surface area contributed by atoms with E-state index in [1.54, 1.807) is 13.1 Å². The summed E-state index contributed by atoms with van der Waals surface area (Å²) in [6, 6.07) is 5.71. The van der Waals surface area contributed by atoms with Crippen molar-refractivity contribution in [2.24, 2.45) is 0 Å². The van der Waals surface area contributed by atoms with Crippen molar-refractivity contribution in [3.8, 4) is 16.8 Å². The van der Waals surface area contributed by atoms with Crippen molar-refractivity contribution < 1.29 is 0 Å². The average molecular weight is 260 g/mol. The lowest BCUT2D eigenvalue weighted by molar-refractivity contribution is 0.965. The maximum Gasteiger partial charge on any atom is 0.230 e. The fourth-order valence-electron chi connectivity index (χ4n) is 1.30. The molecular formula is C11H12N6S. The number of aromatic nitrogens is 3. The molecule has 0 amide bonds. The van der Waals surface area contributed by atoms with Crippen LogP contribution in [0.4, 0.5) is 11.9 Å². The maximum absolute atomic E-state index is 8.83. The average Bonchev–Trinajstić information content (AvgIpc) is 2.86. The normalized spacial score (nSPS) is 9.89. The first-order valence-electron chi connectivity index (χ1n) is 5.25. The summed E-state index contributed by atoms with van der Waals surface area (Å²) in [5, 5.41) is 11.7. The standard InChI is InChI=1S/C11H12N6S/c1-13-10-14-9(15-11(16-10)17(2)3)8-5-4-7(6-12)18-8/h4-5H,1-3H3,(H,13,14,15,16). The minimum Gasteiger partial charge on any atom is -0.357 e. The lowest BCUT2D eigenvalue weighted by Gasteiger charge is -2.11. The molecular weight excluding hydrogens is 248 g/mol. The van der Waals surface area contributed by atoms with E-state index < -0.39 is 0 Å². The van der Waals surface area contributed by atoms with Crippen molar-refractivity contribution >= 4 is 23.2 Å². The van der Waals surface area contributed by atoms with Crippen LogP contribution in [-0.4, -0.2) is 36.1 Å². The third-order valence-electron chi connectivity index (χ3n) is 2.18. The fraction of sp³-hybridized carbons (Fsp3) is 0.273. The third-order valence-corrected chi connectivity index (χ3v) is 3.17. The van der Waals surface area contributed by atoms with Gasteiger partial charge in [-0.15, -0.1) is 11.3 Å². The highest BCUT2D eigenvalue weighted by atomic mass is 32.1. The molecule has 0 atom stereocenters. The Kier molecular flexibility index (Phi) is 3.39. The summed E-state index contributed by atoms with van der Waals surface area (Å²) in [5.41, 5.74) is 0. The molecule has 0 radical (unpaired) electrons. The highest BCUT2D eigenvalue weighted by molar-refractivity contribution is 7.15. The maximum atomic E-state index is 8.83. The fourth-order valence-corrected chi connectivity index (χ4v) is 2.04. The molecule has 0 aliphatic carbocycles. The van der Waals surface area contributed by atoms with E-state index in [-0.39, 0.29) is 0 Å². The van der Waals surface area contributed by atoms with Gasteiger partial charge in [-0.25, -0.2) is 0 Å². The molecule has 0 aromatic carbocycles. The van der Waals surface area contributed by atoms with E-state index in [9.17, 15) is 0 Å². The van der Waals surface area contributed by atoms with Crippen molar-refractivity contribution in [2.45, 2.75) is 0 Å². The van der Waals surface area contributed by atoms with E-state index in [0.717, 1.165) is 4.88 Å². The molecule has 6 nitrogen and oxygen atoms in total. The van der Waals surface area contributed by atoms with Crippen LogP contribution in [0, 0.1) is 11.3 Å². The van der Waals surface area contributed by atoms with Gasteiger partial charge in [0.2, 0.25) is 11.9 Å². The lowest BCUT2D eigenvalue weighted by atomic mass is 10.4. The molecule has 7 heteroatoms. The van der Waals surface area contributed by atoms with E-state index in [1.165, 1.54) is 11.3 Å². The minimum absolute atomic E-state index is 0.510. The van der Waals surface area contributed by atoms with Gasteiger partial charge in [0.25, 0.3) is 0 Å². The second-order valence-electron chi connectivity index (χ2n) is 3.70. The Labute approximate surface area is 109 Å². The van der Waals surface area contributed by atoms with E-state index in [4.69, 9.17) is 5.26 Å². The molecule has 0 spiro atoms. The summed E-state index contributed by atoms with van der Waals surface area (Å²) in [5.74, 6) is 1.66. The second kappa shape index (κ2) is 4.98. The molecule has 0 aliphatic rings. The molecule has 0 bridgehead atoms. The first kappa shape index (κ1) is 12.3. The Morgan fingerprint density at radius 3 is 2.61 bits per heavy atom. The molecule has 2 aromatic heterocycles. The van der Waals surface area contributed by atoms with Gasteiger partial charge in [-0.3, -0.25) is 0 Å². The highest BCUT2D eigenvalue weighted by Gasteiger charge is 2.11. The molecule has 18 heavy (non-hydrogen) atoms. The van der Waals surface area contributed by atoms with Crippen molar-refractivity contribution in [1.82, 2.24) is 15.0 Å². The molecule has 92 valence electrons. The number of nitrogens with zero attached hydrogens (tertiary/aromatic N) is 5. The monoisotopic (exact) mass is 260 g/mol. The summed E-state index contributed by atoms with van der Waals surface area (Å²) in [7, 11) is 5.50. The first-order chi connectivity index (χ1) is 8.63.